The predicted molar refractivity (Wildman–Crippen MR) is 151 cm³/mol. The molecule has 13 heteroatoms. The molecule has 1 N–H and O–H groups in total. The summed E-state index contributed by atoms with van der Waals surface area (Å²) >= 11 is 6.11. The van der Waals surface area contributed by atoms with Gasteiger partial charge >= 0.3 is 0 Å². The number of nitro groups is 1. The van der Waals surface area contributed by atoms with Crippen molar-refractivity contribution in [2.24, 2.45) is 0 Å². The van der Waals surface area contributed by atoms with Crippen LogP contribution >= 0.6 is 11.6 Å². The first-order valence-corrected chi connectivity index (χ1v) is 13.9. The van der Waals surface area contributed by atoms with E-state index < -0.39 is 39.3 Å². The maximum absolute atomic E-state index is 13.9. The van der Waals surface area contributed by atoms with Crippen molar-refractivity contribution < 1.29 is 27.7 Å². The zero-order valence-corrected chi connectivity index (χ0v) is 23.9. The molecule has 0 fully saturated rings. The van der Waals surface area contributed by atoms with E-state index in [-0.39, 0.29) is 28.4 Å². The average molecular weight is 589 g/mol. The number of carbonyl (C=O) groups excluding carboxylic acids is 2. The summed E-state index contributed by atoms with van der Waals surface area (Å²) < 4.78 is 33.8. The lowest BCUT2D eigenvalue weighted by Gasteiger charge is -2.31. The molecule has 0 radical (unpaired) electrons. The highest BCUT2D eigenvalue weighted by Crippen LogP contribution is 2.29. The number of carbonyl (C=O) groups is 2. The molecule has 11 nitrogen and oxygen atoms in total. The number of nitro benzene ring substituents is 1. The number of likely N-dealkylation sites (N-methyl/N-ethyl adjacent to an activating group) is 1. The van der Waals surface area contributed by atoms with Crippen LogP contribution in [-0.4, -0.2) is 56.8 Å². The highest BCUT2D eigenvalue weighted by Gasteiger charge is 2.33. The number of sulfonamides is 1. The molecular weight excluding hydrogens is 560 g/mol. The molecule has 0 spiro atoms. The van der Waals surface area contributed by atoms with Crippen LogP contribution in [0.3, 0.4) is 0 Å². The molecule has 1 atom stereocenters. The lowest BCUT2D eigenvalue weighted by molar-refractivity contribution is -0.385. The van der Waals surface area contributed by atoms with Crippen LogP contribution in [0.4, 0.5) is 11.4 Å². The van der Waals surface area contributed by atoms with Crippen molar-refractivity contribution in [2.75, 3.05) is 25.0 Å². The van der Waals surface area contributed by atoms with Gasteiger partial charge in [0.1, 0.15) is 18.3 Å². The lowest BCUT2D eigenvalue weighted by Crippen LogP contribution is -2.50. The second-order valence-electron chi connectivity index (χ2n) is 8.86. The van der Waals surface area contributed by atoms with Crippen LogP contribution in [0.15, 0.2) is 71.6 Å². The topological polar surface area (TPSA) is 139 Å². The third-order valence-corrected chi connectivity index (χ3v) is 8.27. The minimum absolute atomic E-state index is 0.0273. The zero-order chi connectivity index (χ0) is 29.6. The standard InChI is InChI=1S/C27H29ClN4O7S/c1-18-8-13-24(15-25(18)32(35)36)40(37,38)31(22-9-11-23(39-4)12-10-22)17-26(33)30(19(2)27(34)29-3)16-20-6-5-7-21(28)14-20/h5-15,19H,16-17H2,1-4H3,(H,29,34). The minimum atomic E-state index is -4.49. The van der Waals surface area contributed by atoms with Crippen molar-refractivity contribution in [1.29, 1.82) is 0 Å². The Morgan fingerprint density at radius 1 is 1.10 bits per heavy atom. The number of anilines is 1. The second-order valence-corrected chi connectivity index (χ2v) is 11.2. The molecule has 3 aromatic carbocycles. The Hall–Kier alpha value is -4.16. The van der Waals surface area contributed by atoms with Gasteiger partial charge in [-0.25, -0.2) is 8.42 Å². The summed E-state index contributed by atoms with van der Waals surface area (Å²) in [5.74, 6) is -0.685. The van der Waals surface area contributed by atoms with Gasteiger partial charge in [-0.2, -0.15) is 0 Å². The Bertz CT molecular complexity index is 1510. The van der Waals surface area contributed by atoms with E-state index in [1.165, 1.54) is 69.3 Å². The number of ether oxygens (including phenoxy) is 1. The van der Waals surface area contributed by atoms with E-state index in [2.05, 4.69) is 5.32 Å². The SMILES string of the molecule is CNC(=O)C(C)N(Cc1cccc(Cl)c1)C(=O)CN(c1ccc(OC)cc1)S(=O)(=O)c1ccc(C)c([N+](=O)[O-])c1. The molecule has 0 saturated carbocycles. The number of nitrogens with one attached hydrogen (secondary N) is 1. The summed E-state index contributed by atoms with van der Waals surface area (Å²) in [5.41, 5.74) is 0.651. The van der Waals surface area contributed by atoms with Crippen LogP contribution < -0.4 is 14.4 Å². The van der Waals surface area contributed by atoms with Gasteiger partial charge in [-0.3, -0.25) is 24.0 Å². The molecular formula is C27H29ClN4O7S. The molecule has 0 aromatic heterocycles. The van der Waals surface area contributed by atoms with Crippen LogP contribution in [0.2, 0.25) is 5.02 Å². The number of nitrogens with zero attached hydrogens (tertiary/aromatic N) is 3. The van der Waals surface area contributed by atoms with Crippen molar-refractivity contribution in [3.63, 3.8) is 0 Å². The molecule has 1 unspecified atom stereocenters. The molecule has 3 rings (SSSR count). The van der Waals surface area contributed by atoms with Crippen LogP contribution in [0.25, 0.3) is 0 Å². The fourth-order valence-corrected chi connectivity index (χ4v) is 5.62. The van der Waals surface area contributed by atoms with E-state index in [0.29, 0.717) is 16.3 Å². The largest absolute Gasteiger partial charge is 0.497 e. The highest BCUT2D eigenvalue weighted by atomic mass is 35.5. The molecule has 0 aliphatic carbocycles. The number of hydrogen-bond donors (Lipinski definition) is 1. The van der Waals surface area contributed by atoms with Gasteiger partial charge in [-0.1, -0.05) is 29.8 Å². The van der Waals surface area contributed by atoms with E-state index in [0.717, 1.165) is 10.4 Å². The van der Waals surface area contributed by atoms with Crippen LogP contribution in [0, 0.1) is 17.0 Å². The number of rotatable bonds is 11. The molecule has 40 heavy (non-hydrogen) atoms. The Balaban J connectivity index is 2.09. The quantitative estimate of drug-likeness (QED) is 0.264. The van der Waals surface area contributed by atoms with Crippen LogP contribution in [0.5, 0.6) is 5.75 Å². The Labute approximate surface area is 237 Å². The Morgan fingerprint density at radius 2 is 1.77 bits per heavy atom. The molecule has 0 bridgehead atoms. The lowest BCUT2D eigenvalue weighted by atomic mass is 10.1. The minimum Gasteiger partial charge on any atom is -0.497 e. The third kappa shape index (κ3) is 6.88. The number of aryl methyl sites for hydroxylation is 1. The molecule has 0 aliphatic rings. The van der Waals surface area contributed by atoms with Gasteiger partial charge < -0.3 is 15.0 Å². The Morgan fingerprint density at radius 3 is 2.35 bits per heavy atom. The Kier molecular flexibility index (Phi) is 9.72. The highest BCUT2D eigenvalue weighted by molar-refractivity contribution is 7.92. The van der Waals surface area contributed by atoms with Gasteiger partial charge in [-0.15, -0.1) is 0 Å². The summed E-state index contributed by atoms with van der Waals surface area (Å²) in [7, 11) is -1.61. The smallest absolute Gasteiger partial charge is 0.273 e. The maximum Gasteiger partial charge on any atom is 0.273 e. The fourth-order valence-electron chi connectivity index (χ4n) is 3.97. The van der Waals surface area contributed by atoms with Crippen molar-refractivity contribution in [1.82, 2.24) is 10.2 Å². The van der Waals surface area contributed by atoms with E-state index in [1.807, 2.05) is 0 Å². The van der Waals surface area contributed by atoms with Gasteiger partial charge in [0.25, 0.3) is 15.7 Å². The summed E-state index contributed by atoms with van der Waals surface area (Å²) in [6, 6.07) is 15.3. The second kappa shape index (κ2) is 12.8. The zero-order valence-electron chi connectivity index (χ0n) is 22.3. The summed E-state index contributed by atoms with van der Waals surface area (Å²) in [6.45, 7) is 2.29. The van der Waals surface area contributed by atoms with Gasteiger partial charge in [-0.05, 0) is 61.9 Å². The van der Waals surface area contributed by atoms with Crippen molar-refractivity contribution in [3.05, 3.63) is 93.0 Å². The van der Waals surface area contributed by atoms with E-state index in [9.17, 15) is 28.1 Å². The number of halogens is 1. The monoisotopic (exact) mass is 588 g/mol. The maximum atomic E-state index is 13.9. The molecule has 0 saturated heterocycles. The van der Waals surface area contributed by atoms with Gasteiger partial charge in [0.2, 0.25) is 11.8 Å². The van der Waals surface area contributed by atoms with Crippen molar-refractivity contribution >= 4 is 44.8 Å². The average Bonchev–Trinajstić information content (AvgIpc) is 2.93. The predicted octanol–water partition coefficient (Wildman–Crippen LogP) is 3.92. The van der Waals surface area contributed by atoms with Gasteiger partial charge in [0.15, 0.2) is 0 Å². The molecule has 0 heterocycles. The number of benzene rings is 3. The normalized spacial score (nSPS) is 11.8. The number of hydrogen-bond acceptors (Lipinski definition) is 7. The van der Waals surface area contributed by atoms with E-state index in [1.54, 1.807) is 24.3 Å². The van der Waals surface area contributed by atoms with Gasteiger partial charge in [0, 0.05) is 30.2 Å². The van der Waals surface area contributed by atoms with E-state index >= 15 is 0 Å². The molecule has 0 aliphatic heterocycles. The number of methoxy groups -OCH3 is 1. The molecule has 3 aromatic rings. The van der Waals surface area contributed by atoms with Crippen LogP contribution in [-0.2, 0) is 26.2 Å². The number of amides is 2. The first-order valence-electron chi connectivity index (χ1n) is 12.1. The first-order chi connectivity index (χ1) is 18.9. The summed E-state index contributed by atoms with van der Waals surface area (Å²) in [5, 5.41) is 14.5. The summed E-state index contributed by atoms with van der Waals surface area (Å²) in [6.07, 6.45) is 0. The van der Waals surface area contributed by atoms with Crippen LogP contribution in [0.1, 0.15) is 18.1 Å². The molecule has 212 valence electrons. The molecule has 2 amide bonds. The van der Waals surface area contributed by atoms with Crippen molar-refractivity contribution in [3.8, 4) is 5.75 Å². The van der Waals surface area contributed by atoms with Crippen molar-refractivity contribution in [2.45, 2.75) is 31.3 Å². The first kappa shape index (κ1) is 30.4. The fraction of sp³-hybridized carbons (Fsp3) is 0.259. The third-order valence-electron chi connectivity index (χ3n) is 6.26. The van der Waals surface area contributed by atoms with Gasteiger partial charge in [0.05, 0.1) is 22.6 Å². The summed E-state index contributed by atoms with van der Waals surface area (Å²) in [4.78, 5) is 38.1. The van der Waals surface area contributed by atoms with E-state index in [4.69, 9.17) is 16.3 Å².